The number of aromatic nitrogens is 3. The van der Waals surface area contributed by atoms with E-state index in [2.05, 4.69) is 17.4 Å². The highest BCUT2D eigenvalue weighted by Gasteiger charge is 2.19. The third-order valence-corrected chi connectivity index (χ3v) is 5.71. The Balaban J connectivity index is 1.53. The molecule has 4 rings (SSSR count). The maximum absolute atomic E-state index is 12.7. The van der Waals surface area contributed by atoms with Crippen molar-refractivity contribution in [3.63, 3.8) is 0 Å². The molecule has 0 unspecified atom stereocenters. The third kappa shape index (κ3) is 4.38. The van der Waals surface area contributed by atoms with Crippen LogP contribution >= 0.6 is 0 Å². The molecular formula is C25H28N4O2. The number of amides is 1. The summed E-state index contributed by atoms with van der Waals surface area (Å²) in [6.07, 6.45) is 3.58. The van der Waals surface area contributed by atoms with E-state index < -0.39 is 0 Å². The largest absolute Gasteiger partial charge is 0.469 e. The third-order valence-electron chi connectivity index (χ3n) is 5.71. The second-order valence-electron chi connectivity index (χ2n) is 8.09. The Labute approximate surface area is 182 Å². The molecule has 31 heavy (non-hydrogen) atoms. The zero-order valence-electron chi connectivity index (χ0n) is 18.5. The fourth-order valence-corrected chi connectivity index (χ4v) is 4.04. The van der Waals surface area contributed by atoms with E-state index in [0.717, 1.165) is 58.0 Å². The molecule has 0 fully saturated rings. The van der Waals surface area contributed by atoms with Gasteiger partial charge in [-0.2, -0.15) is 5.10 Å². The summed E-state index contributed by atoms with van der Waals surface area (Å²) in [7, 11) is 0. The quantitative estimate of drug-likeness (QED) is 0.478. The first-order chi connectivity index (χ1) is 14.9. The number of hydrogen-bond donors (Lipinski definition) is 1. The van der Waals surface area contributed by atoms with Gasteiger partial charge in [0.25, 0.3) is 0 Å². The average Bonchev–Trinajstić information content (AvgIpc) is 3.38. The van der Waals surface area contributed by atoms with E-state index in [4.69, 9.17) is 14.5 Å². The number of hydrogen-bond acceptors (Lipinski definition) is 4. The number of rotatable bonds is 7. The summed E-state index contributed by atoms with van der Waals surface area (Å²) < 4.78 is 7.24. The second-order valence-corrected chi connectivity index (χ2v) is 8.09. The highest BCUT2D eigenvalue weighted by Crippen LogP contribution is 2.29. The molecule has 0 aliphatic carbocycles. The number of carbonyl (C=O) groups excluding carboxylic acids is 1. The van der Waals surface area contributed by atoms with E-state index in [0.29, 0.717) is 0 Å². The number of furan rings is 1. The van der Waals surface area contributed by atoms with Gasteiger partial charge in [-0.05, 0) is 51.8 Å². The van der Waals surface area contributed by atoms with Gasteiger partial charge < -0.3 is 9.73 Å². The Morgan fingerprint density at radius 1 is 1.10 bits per heavy atom. The molecule has 3 heterocycles. The van der Waals surface area contributed by atoms with Crippen molar-refractivity contribution < 1.29 is 9.21 Å². The minimum Gasteiger partial charge on any atom is -0.469 e. The monoisotopic (exact) mass is 416 g/mol. The van der Waals surface area contributed by atoms with Crippen molar-refractivity contribution in [2.24, 2.45) is 0 Å². The molecule has 3 aromatic heterocycles. The van der Waals surface area contributed by atoms with Crippen molar-refractivity contribution in [1.82, 2.24) is 19.9 Å². The number of nitrogens with zero attached hydrogens (tertiary/aromatic N) is 3. The molecule has 1 amide bonds. The lowest BCUT2D eigenvalue weighted by molar-refractivity contribution is -0.121. The van der Waals surface area contributed by atoms with Gasteiger partial charge in [0, 0.05) is 35.0 Å². The maximum Gasteiger partial charge on any atom is 0.224 e. The zero-order chi connectivity index (χ0) is 22.0. The molecule has 0 aliphatic heterocycles. The molecule has 160 valence electrons. The van der Waals surface area contributed by atoms with Gasteiger partial charge in [0.15, 0.2) is 5.65 Å². The van der Waals surface area contributed by atoms with Gasteiger partial charge in [0.05, 0.1) is 18.4 Å². The molecule has 1 aromatic carbocycles. The lowest BCUT2D eigenvalue weighted by Gasteiger charge is -2.15. The number of aryl methyl sites for hydroxylation is 4. The fraction of sp³-hybridized carbons (Fsp3) is 0.320. The predicted octanol–water partition coefficient (Wildman–Crippen LogP) is 4.59. The average molecular weight is 417 g/mol. The van der Waals surface area contributed by atoms with Crippen LogP contribution in [0.5, 0.6) is 0 Å². The molecule has 0 spiro atoms. The van der Waals surface area contributed by atoms with E-state index >= 15 is 0 Å². The van der Waals surface area contributed by atoms with Crippen molar-refractivity contribution in [2.45, 2.75) is 53.0 Å². The van der Waals surface area contributed by atoms with E-state index in [1.807, 2.05) is 62.5 Å². The molecule has 4 aromatic rings. The Morgan fingerprint density at radius 2 is 1.87 bits per heavy atom. The lowest BCUT2D eigenvalue weighted by atomic mass is 10.0. The highest BCUT2D eigenvalue weighted by atomic mass is 16.3. The molecule has 0 aliphatic rings. The van der Waals surface area contributed by atoms with E-state index in [-0.39, 0.29) is 18.4 Å². The second kappa shape index (κ2) is 8.76. The van der Waals surface area contributed by atoms with Crippen LogP contribution in [0.25, 0.3) is 16.8 Å². The SMILES string of the molecule is Cc1nc2c(-c3ccccc3)c(C)nn2c(C)c1CC(=O)N[C@@H](C)CCc1ccco1. The fourth-order valence-electron chi connectivity index (χ4n) is 4.04. The molecule has 1 N–H and O–H groups in total. The van der Waals surface area contributed by atoms with Crippen LogP contribution in [0.2, 0.25) is 0 Å². The van der Waals surface area contributed by atoms with Crippen LogP contribution in [0, 0.1) is 20.8 Å². The molecule has 0 bridgehead atoms. The van der Waals surface area contributed by atoms with Crippen LogP contribution in [0.15, 0.2) is 53.1 Å². The van der Waals surface area contributed by atoms with Crippen molar-refractivity contribution in [3.05, 3.63) is 77.1 Å². The molecule has 1 atom stereocenters. The number of fused-ring (bicyclic) bond motifs is 1. The number of benzene rings is 1. The first-order valence-corrected chi connectivity index (χ1v) is 10.7. The van der Waals surface area contributed by atoms with Crippen molar-refractivity contribution >= 4 is 11.6 Å². The summed E-state index contributed by atoms with van der Waals surface area (Å²) >= 11 is 0. The van der Waals surface area contributed by atoms with Crippen molar-refractivity contribution in [3.8, 4) is 11.1 Å². The molecule has 0 saturated heterocycles. The molecular weight excluding hydrogens is 388 g/mol. The van der Waals surface area contributed by atoms with Crippen LogP contribution in [0.1, 0.15) is 41.8 Å². The summed E-state index contributed by atoms with van der Waals surface area (Å²) in [6, 6.07) is 14.1. The normalized spacial score (nSPS) is 12.3. The standard InChI is InChI=1S/C25H28N4O2/c1-16(12-13-21-11-8-14-31-21)26-23(30)15-22-17(2)27-25-24(20-9-6-5-7-10-20)18(3)28-29(25)19(22)4/h5-11,14,16H,12-13,15H2,1-4H3,(H,26,30)/t16-/m0/s1. The number of carbonyl (C=O) groups is 1. The Kier molecular flexibility index (Phi) is 5.89. The van der Waals surface area contributed by atoms with Crippen LogP contribution in [-0.2, 0) is 17.6 Å². The first kappa shape index (κ1) is 20.8. The maximum atomic E-state index is 12.7. The van der Waals surface area contributed by atoms with Crippen LogP contribution < -0.4 is 5.32 Å². The summed E-state index contributed by atoms with van der Waals surface area (Å²) in [5.41, 5.74) is 6.62. The minimum absolute atomic E-state index is 0.00791. The van der Waals surface area contributed by atoms with Gasteiger partial charge in [0.2, 0.25) is 5.91 Å². The predicted molar refractivity (Wildman–Crippen MR) is 121 cm³/mol. The van der Waals surface area contributed by atoms with Crippen LogP contribution in [0.4, 0.5) is 0 Å². The zero-order valence-corrected chi connectivity index (χ0v) is 18.5. The first-order valence-electron chi connectivity index (χ1n) is 10.7. The number of nitrogens with one attached hydrogen (secondary N) is 1. The summed E-state index contributed by atoms with van der Waals surface area (Å²) in [4.78, 5) is 17.6. The van der Waals surface area contributed by atoms with Gasteiger partial charge >= 0.3 is 0 Å². The van der Waals surface area contributed by atoms with E-state index in [9.17, 15) is 4.79 Å². The molecule has 6 nitrogen and oxygen atoms in total. The van der Waals surface area contributed by atoms with Crippen LogP contribution in [-0.4, -0.2) is 26.5 Å². The van der Waals surface area contributed by atoms with Crippen molar-refractivity contribution in [1.29, 1.82) is 0 Å². The topological polar surface area (TPSA) is 72.4 Å². The van der Waals surface area contributed by atoms with Gasteiger partial charge in [-0.3, -0.25) is 4.79 Å². The summed E-state index contributed by atoms with van der Waals surface area (Å²) in [5, 5.41) is 7.83. The highest BCUT2D eigenvalue weighted by molar-refractivity contribution is 5.82. The van der Waals surface area contributed by atoms with Gasteiger partial charge in [0.1, 0.15) is 5.76 Å². The van der Waals surface area contributed by atoms with Gasteiger partial charge in [-0.15, -0.1) is 0 Å². The molecule has 6 heteroatoms. The smallest absolute Gasteiger partial charge is 0.224 e. The minimum atomic E-state index is -0.00791. The Bertz CT molecular complexity index is 1190. The Hall–Kier alpha value is -3.41. The molecule has 0 saturated carbocycles. The van der Waals surface area contributed by atoms with E-state index in [1.165, 1.54) is 0 Å². The lowest BCUT2D eigenvalue weighted by Crippen LogP contribution is -2.34. The van der Waals surface area contributed by atoms with Gasteiger partial charge in [-0.1, -0.05) is 30.3 Å². The molecule has 0 radical (unpaired) electrons. The van der Waals surface area contributed by atoms with Crippen LogP contribution in [0.3, 0.4) is 0 Å². The van der Waals surface area contributed by atoms with Gasteiger partial charge in [-0.25, -0.2) is 9.50 Å². The summed E-state index contributed by atoms with van der Waals surface area (Å²) in [5.74, 6) is 0.928. The summed E-state index contributed by atoms with van der Waals surface area (Å²) in [6.45, 7) is 7.99. The van der Waals surface area contributed by atoms with E-state index in [1.54, 1.807) is 6.26 Å². The Morgan fingerprint density at radius 3 is 2.58 bits per heavy atom. The van der Waals surface area contributed by atoms with Crippen molar-refractivity contribution in [2.75, 3.05) is 0 Å².